The molecule has 0 heterocycles. The number of hydrogen-bond donors (Lipinski definition) is 1. The summed E-state index contributed by atoms with van der Waals surface area (Å²) < 4.78 is 0. The van der Waals surface area contributed by atoms with Gasteiger partial charge in [-0.3, -0.25) is 19.9 Å². The fourth-order valence-electron chi connectivity index (χ4n) is 4.59. The van der Waals surface area contributed by atoms with Gasteiger partial charge in [0.15, 0.2) is 11.6 Å². The topological polar surface area (TPSA) is 55.4 Å². The van der Waals surface area contributed by atoms with Crippen LogP contribution in [0.3, 0.4) is 0 Å². The summed E-state index contributed by atoms with van der Waals surface area (Å²) in [6.07, 6.45) is 4.35. The third-order valence-corrected chi connectivity index (χ3v) is 5.76. The Bertz CT molecular complexity index is 777. The van der Waals surface area contributed by atoms with Crippen molar-refractivity contribution >= 4 is 11.6 Å². The SMILES string of the molecule is CCCC(=O)c1c(C)cc(C)c(C2CCC(=C(CC)NOCC)C(=O)C2)c1C. The average molecular weight is 386 g/mol. The first-order valence-electron chi connectivity index (χ1n) is 10.6. The zero-order valence-corrected chi connectivity index (χ0v) is 18.3. The molecule has 1 fully saturated rings. The molecule has 4 heteroatoms. The largest absolute Gasteiger partial charge is 0.294 e. The number of aryl methyl sites for hydroxylation is 2. The molecule has 2 rings (SSSR count). The normalized spacial score (nSPS) is 18.9. The second kappa shape index (κ2) is 10.0. The van der Waals surface area contributed by atoms with Gasteiger partial charge < -0.3 is 0 Å². The monoisotopic (exact) mass is 385 g/mol. The summed E-state index contributed by atoms with van der Waals surface area (Å²) in [5.41, 5.74) is 10.1. The van der Waals surface area contributed by atoms with E-state index in [0.29, 0.717) is 19.4 Å². The van der Waals surface area contributed by atoms with Gasteiger partial charge in [-0.05, 0) is 81.5 Å². The van der Waals surface area contributed by atoms with Gasteiger partial charge in [0.1, 0.15) is 0 Å². The number of nitrogens with one attached hydrogen (secondary N) is 1. The maximum atomic E-state index is 12.9. The zero-order chi connectivity index (χ0) is 20.8. The van der Waals surface area contributed by atoms with Gasteiger partial charge in [-0.1, -0.05) is 19.9 Å². The highest BCUT2D eigenvalue weighted by molar-refractivity contribution is 6.00. The summed E-state index contributed by atoms with van der Waals surface area (Å²) in [4.78, 5) is 30.9. The Labute approximate surface area is 169 Å². The fourth-order valence-corrected chi connectivity index (χ4v) is 4.59. The van der Waals surface area contributed by atoms with Crippen molar-refractivity contribution in [2.45, 2.75) is 86.0 Å². The van der Waals surface area contributed by atoms with Crippen LogP contribution in [0.5, 0.6) is 0 Å². The standard InChI is InChI=1S/C24H35NO3/c1-7-10-21(26)24-16(5)13-15(4)23(17(24)6)18-11-12-19(22(27)14-18)20(8-2)25-28-9-3/h13,18,25H,7-12,14H2,1-6H3. The molecule has 0 amide bonds. The van der Waals surface area contributed by atoms with Crippen LogP contribution in [0.1, 0.15) is 97.8 Å². The minimum absolute atomic E-state index is 0.176. The maximum absolute atomic E-state index is 12.9. The molecule has 154 valence electrons. The molecule has 0 aromatic heterocycles. The highest BCUT2D eigenvalue weighted by atomic mass is 16.6. The summed E-state index contributed by atoms with van der Waals surface area (Å²) in [6.45, 7) is 12.7. The van der Waals surface area contributed by atoms with Gasteiger partial charge in [-0.25, -0.2) is 0 Å². The van der Waals surface area contributed by atoms with E-state index in [2.05, 4.69) is 25.4 Å². The lowest BCUT2D eigenvalue weighted by Gasteiger charge is -2.29. The van der Waals surface area contributed by atoms with E-state index in [1.165, 1.54) is 11.1 Å². The fraction of sp³-hybridized carbons (Fsp3) is 0.583. The van der Waals surface area contributed by atoms with Crippen LogP contribution in [-0.2, 0) is 9.63 Å². The quantitative estimate of drug-likeness (QED) is 0.358. The number of rotatable bonds is 8. The van der Waals surface area contributed by atoms with Crippen LogP contribution in [0.2, 0.25) is 0 Å². The number of hydrogen-bond acceptors (Lipinski definition) is 4. The highest BCUT2D eigenvalue weighted by Gasteiger charge is 2.30. The molecule has 0 radical (unpaired) electrons. The van der Waals surface area contributed by atoms with Crippen molar-refractivity contribution < 1.29 is 14.4 Å². The summed E-state index contributed by atoms with van der Waals surface area (Å²) >= 11 is 0. The predicted octanol–water partition coefficient (Wildman–Crippen LogP) is 5.64. The lowest BCUT2D eigenvalue weighted by Crippen LogP contribution is -2.24. The molecule has 1 aromatic carbocycles. The number of carbonyl (C=O) groups excluding carboxylic acids is 2. The highest BCUT2D eigenvalue weighted by Crippen LogP contribution is 2.39. The molecule has 1 aliphatic carbocycles. The van der Waals surface area contributed by atoms with Crippen molar-refractivity contribution in [3.63, 3.8) is 0 Å². The van der Waals surface area contributed by atoms with E-state index in [1.807, 2.05) is 27.7 Å². The van der Waals surface area contributed by atoms with E-state index in [-0.39, 0.29) is 17.5 Å². The van der Waals surface area contributed by atoms with Crippen LogP contribution < -0.4 is 5.48 Å². The van der Waals surface area contributed by atoms with E-state index < -0.39 is 0 Å². The molecule has 0 aliphatic heterocycles. The summed E-state index contributed by atoms with van der Waals surface area (Å²) in [7, 11) is 0. The minimum atomic E-state index is 0.176. The van der Waals surface area contributed by atoms with Gasteiger partial charge in [0.05, 0.1) is 6.61 Å². The minimum Gasteiger partial charge on any atom is -0.294 e. The Morgan fingerprint density at radius 1 is 1.18 bits per heavy atom. The summed E-state index contributed by atoms with van der Waals surface area (Å²) in [6, 6.07) is 2.12. The Kier molecular flexibility index (Phi) is 7.99. The average Bonchev–Trinajstić information content (AvgIpc) is 2.63. The third kappa shape index (κ3) is 4.72. The molecular weight excluding hydrogens is 350 g/mol. The zero-order valence-electron chi connectivity index (χ0n) is 18.3. The van der Waals surface area contributed by atoms with Crippen molar-refractivity contribution in [2.24, 2.45) is 0 Å². The summed E-state index contributed by atoms with van der Waals surface area (Å²) in [5.74, 6) is 0.590. The van der Waals surface area contributed by atoms with E-state index in [9.17, 15) is 9.59 Å². The third-order valence-electron chi connectivity index (χ3n) is 5.76. The van der Waals surface area contributed by atoms with Gasteiger partial charge in [-0.15, -0.1) is 0 Å². The maximum Gasteiger partial charge on any atom is 0.163 e. The molecule has 1 aliphatic rings. The van der Waals surface area contributed by atoms with Crippen LogP contribution in [0.25, 0.3) is 0 Å². The number of ketones is 2. The van der Waals surface area contributed by atoms with E-state index in [4.69, 9.17) is 4.84 Å². The first kappa shape index (κ1) is 22.4. The van der Waals surface area contributed by atoms with Crippen molar-refractivity contribution in [1.82, 2.24) is 5.48 Å². The molecule has 28 heavy (non-hydrogen) atoms. The van der Waals surface area contributed by atoms with Crippen molar-refractivity contribution in [3.05, 3.63) is 45.2 Å². The number of Topliss-reactive ketones (excluding diaryl/α,β-unsaturated/α-hetero) is 2. The van der Waals surface area contributed by atoms with E-state index >= 15 is 0 Å². The van der Waals surface area contributed by atoms with Crippen molar-refractivity contribution in [3.8, 4) is 0 Å². The van der Waals surface area contributed by atoms with Crippen LogP contribution >= 0.6 is 0 Å². The second-order valence-corrected chi connectivity index (χ2v) is 7.81. The molecule has 4 nitrogen and oxygen atoms in total. The van der Waals surface area contributed by atoms with Crippen LogP contribution in [-0.4, -0.2) is 18.2 Å². The second-order valence-electron chi connectivity index (χ2n) is 7.81. The molecule has 1 unspecified atom stereocenters. The number of benzene rings is 1. The number of carbonyl (C=O) groups is 2. The van der Waals surface area contributed by atoms with Crippen LogP contribution in [0.15, 0.2) is 17.3 Å². The lowest BCUT2D eigenvalue weighted by molar-refractivity contribution is -0.117. The number of allylic oxidation sites excluding steroid dienone is 2. The molecule has 1 atom stereocenters. The van der Waals surface area contributed by atoms with Crippen LogP contribution in [0.4, 0.5) is 0 Å². The van der Waals surface area contributed by atoms with Gasteiger partial charge in [0.25, 0.3) is 0 Å². The van der Waals surface area contributed by atoms with E-state index in [0.717, 1.165) is 53.6 Å². The van der Waals surface area contributed by atoms with Crippen molar-refractivity contribution in [1.29, 1.82) is 0 Å². The van der Waals surface area contributed by atoms with Crippen molar-refractivity contribution in [2.75, 3.05) is 6.61 Å². The Balaban J connectivity index is 2.35. The Morgan fingerprint density at radius 2 is 1.89 bits per heavy atom. The lowest BCUT2D eigenvalue weighted by atomic mass is 9.75. The first-order chi connectivity index (χ1) is 13.3. The molecule has 0 spiro atoms. The van der Waals surface area contributed by atoms with Gasteiger partial charge in [0.2, 0.25) is 0 Å². The van der Waals surface area contributed by atoms with E-state index in [1.54, 1.807) is 0 Å². The number of hydroxylamine groups is 1. The Hall–Kier alpha value is -1.94. The first-order valence-corrected chi connectivity index (χ1v) is 10.6. The molecule has 0 saturated heterocycles. The van der Waals surface area contributed by atoms with Gasteiger partial charge >= 0.3 is 0 Å². The smallest absolute Gasteiger partial charge is 0.163 e. The van der Waals surface area contributed by atoms with Crippen LogP contribution in [0, 0.1) is 20.8 Å². The molecular formula is C24H35NO3. The molecule has 1 saturated carbocycles. The molecule has 1 aromatic rings. The Morgan fingerprint density at radius 3 is 2.46 bits per heavy atom. The van der Waals surface area contributed by atoms with Gasteiger partial charge in [0, 0.05) is 29.7 Å². The summed E-state index contributed by atoms with van der Waals surface area (Å²) in [5, 5.41) is 0. The molecule has 0 bridgehead atoms. The predicted molar refractivity (Wildman–Crippen MR) is 114 cm³/mol. The molecule has 1 N–H and O–H groups in total. The van der Waals surface area contributed by atoms with Gasteiger partial charge in [-0.2, -0.15) is 0 Å².